The Morgan fingerprint density at radius 2 is 1.89 bits per heavy atom. The number of hydrogen-bond acceptors (Lipinski definition) is 5. The van der Waals surface area contributed by atoms with E-state index in [1.807, 2.05) is 32.0 Å². The molecule has 2 aromatic heterocycles. The first kappa shape index (κ1) is 23.8. The van der Waals surface area contributed by atoms with Crippen molar-refractivity contribution in [3.63, 3.8) is 0 Å². The van der Waals surface area contributed by atoms with Gasteiger partial charge in [0.25, 0.3) is 11.9 Å². The van der Waals surface area contributed by atoms with Crippen molar-refractivity contribution in [2.45, 2.75) is 38.8 Å². The largest absolute Gasteiger partial charge is 0.348 e. The molecule has 1 aliphatic heterocycles. The number of carbonyl (C=O) groups excluding carboxylic acids is 1. The maximum atomic E-state index is 14.3. The Kier molecular flexibility index (Phi) is 6.86. The van der Waals surface area contributed by atoms with Gasteiger partial charge in [0.15, 0.2) is 0 Å². The minimum absolute atomic E-state index is 0.00729. The molecular formula is C28H29FN6O. The zero-order chi connectivity index (χ0) is 25.1. The van der Waals surface area contributed by atoms with Gasteiger partial charge in [-0.2, -0.15) is 5.10 Å². The molecule has 3 heterocycles. The molecule has 0 radical (unpaired) electrons. The van der Waals surface area contributed by atoms with Crippen LogP contribution in [-0.4, -0.2) is 49.7 Å². The molecule has 0 unspecified atom stereocenters. The lowest BCUT2D eigenvalue weighted by molar-refractivity contribution is 0.0936. The van der Waals surface area contributed by atoms with Gasteiger partial charge in [0.1, 0.15) is 5.82 Å². The second-order valence-electron chi connectivity index (χ2n) is 9.41. The average molecular weight is 485 g/mol. The number of rotatable bonds is 7. The molecule has 0 bridgehead atoms. The number of aromatic nitrogens is 4. The molecule has 4 aromatic rings. The predicted octanol–water partition coefficient (Wildman–Crippen LogP) is 4.60. The number of carbonyl (C=O) groups is 1. The third-order valence-electron chi connectivity index (χ3n) is 6.44. The van der Waals surface area contributed by atoms with Crippen LogP contribution in [0.15, 0.2) is 73.1 Å². The highest BCUT2D eigenvalue weighted by molar-refractivity contribution is 5.95. The Morgan fingerprint density at radius 3 is 2.67 bits per heavy atom. The van der Waals surface area contributed by atoms with Crippen LogP contribution in [0.3, 0.4) is 0 Å². The van der Waals surface area contributed by atoms with Crippen LogP contribution in [0, 0.1) is 5.82 Å². The molecule has 2 aromatic carbocycles. The van der Waals surface area contributed by atoms with Crippen molar-refractivity contribution < 1.29 is 9.18 Å². The second kappa shape index (κ2) is 10.4. The van der Waals surface area contributed by atoms with E-state index in [0.717, 1.165) is 31.7 Å². The summed E-state index contributed by atoms with van der Waals surface area (Å²) in [5.74, 6) is -0.216. The van der Waals surface area contributed by atoms with Crippen molar-refractivity contribution in [2.75, 3.05) is 13.1 Å². The maximum Gasteiger partial charge on any atom is 0.255 e. The molecule has 184 valence electrons. The van der Waals surface area contributed by atoms with Crippen LogP contribution >= 0.6 is 0 Å². The Bertz CT molecular complexity index is 1350. The molecule has 36 heavy (non-hydrogen) atoms. The minimum Gasteiger partial charge on any atom is -0.348 e. The molecule has 0 spiro atoms. The van der Waals surface area contributed by atoms with Crippen molar-refractivity contribution in [2.24, 2.45) is 0 Å². The van der Waals surface area contributed by atoms with Gasteiger partial charge in [-0.15, -0.1) is 0 Å². The molecule has 8 heteroatoms. The molecule has 1 atom stereocenters. The third-order valence-corrected chi connectivity index (χ3v) is 6.44. The number of nitrogens with one attached hydrogen (secondary N) is 1. The Labute approximate surface area is 210 Å². The van der Waals surface area contributed by atoms with Crippen molar-refractivity contribution >= 4 is 5.91 Å². The zero-order valence-electron chi connectivity index (χ0n) is 20.4. The predicted molar refractivity (Wildman–Crippen MR) is 136 cm³/mol. The highest BCUT2D eigenvalue weighted by atomic mass is 19.1. The van der Waals surface area contributed by atoms with Gasteiger partial charge in [0.05, 0.1) is 23.1 Å². The fourth-order valence-electron chi connectivity index (χ4n) is 4.72. The van der Waals surface area contributed by atoms with Crippen LogP contribution in [0.25, 0.3) is 17.2 Å². The summed E-state index contributed by atoms with van der Waals surface area (Å²) < 4.78 is 15.9. The normalized spacial score (nSPS) is 15.9. The summed E-state index contributed by atoms with van der Waals surface area (Å²) in [7, 11) is 0. The monoisotopic (exact) mass is 484 g/mol. The summed E-state index contributed by atoms with van der Waals surface area (Å²) in [6.07, 6.45) is 4.05. The lowest BCUT2D eigenvalue weighted by Crippen LogP contribution is -2.37. The molecule has 7 nitrogen and oxygen atoms in total. The van der Waals surface area contributed by atoms with Gasteiger partial charge >= 0.3 is 0 Å². The van der Waals surface area contributed by atoms with Crippen molar-refractivity contribution in [1.82, 2.24) is 30.0 Å². The number of halogens is 1. The zero-order valence-corrected chi connectivity index (χ0v) is 20.4. The number of benzene rings is 2. The molecular weight excluding hydrogens is 455 g/mol. The van der Waals surface area contributed by atoms with E-state index in [9.17, 15) is 9.18 Å². The van der Waals surface area contributed by atoms with Gasteiger partial charge in [-0.3, -0.25) is 9.69 Å². The molecule has 1 fully saturated rings. The minimum atomic E-state index is -0.357. The Morgan fingerprint density at radius 1 is 1.11 bits per heavy atom. The highest BCUT2D eigenvalue weighted by Crippen LogP contribution is 2.25. The topological polar surface area (TPSA) is 75.9 Å². The lowest BCUT2D eigenvalue weighted by Gasteiger charge is -2.17. The van der Waals surface area contributed by atoms with E-state index in [1.54, 1.807) is 41.3 Å². The van der Waals surface area contributed by atoms with Gasteiger partial charge < -0.3 is 5.32 Å². The summed E-state index contributed by atoms with van der Waals surface area (Å²) in [5, 5.41) is 7.65. The summed E-state index contributed by atoms with van der Waals surface area (Å²) in [5.41, 5.74) is 3.34. The molecule has 5 rings (SSSR count). The standard InChI is InChI=1S/C28H29FN6O/c1-19(2)26-23(27(36)32-21-13-15-34(18-21)17-20-8-4-3-5-9-20)16-31-35(26)28-30-14-12-25(33-28)22-10-6-7-11-24(22)29/h3-12,14,16,19,21H,13,15,17-18H2,1-2H3,(H,32,36)/t21-/m1/s1. The van der Waals surface area contributed by atoms with Gasteiger partial charge in [0, 0.05) is 37.4 Å². The fourth-order valence-corrected chi connectivity index (χ4v) is 4.72. The van der Waals surface area contributed by atoms with Crippen LogP contribution in [0.5, 0.6) is 0 Å². The Hall–Kier alpha value is -3.91. The highest BCUT2D eigenvalue weighted by Gasteiger charge is 2.27. The van der Waals surface area contributed by atoms with E-state index in [1.165, 1.54) is 11.6 Å². The first-order valence-electron chi connectivity index (χ1n) is 12.2. The molecule has 1 aliphatic rings. The van der Waals surface area contributed by atoms with Gasteiger partial charge in [-0.05, 0) is 36.1 Å². The van der Waals surface area contributed by atoms with E-state index in [4.69, 9.17) is 0 Å². The number of hydrogen-bond donors (Lipinski definition) is 1. The van der Waals surface area contributed by atoms with Crippen molar-refractivity contribution in [3.05, 3.63) is 95.7 Å². The maximum absolute atomic E-state index is 14.3. The number of amides is 1. The Balaban J connectivity index is 1.34. The van der Waals surface area contributed by atoms with E-state index in [-0.39, 0.29) is 23.7 Å². The van der Waals surface area contributed by atoms with Crippen LogP contribution in [0.1, 0.15) is 47.8 Å². The van der Waals surface area contributed by atoms with Gasteiger partial charge in [0.2, 0.25) is 0 Å². The summed E-state index contributed by atoms with van der Waals surface area (Å²) >= 11 is 0. The molecule has 1 saturated heterocycles. The van der Waals surface area contributed by atoms with E-state index < -0.39 is 0 Å². The van der Waals surface area contributed by atoms with Crippen LogP contribution in [0.4, 0.5) is 4.39 Å². The molecule has 0 saturated carbocycles. The molecule has 1 N–H and O–H groups in total. The summed E-state index contributed by atoms with van der Waals surface area (Å²) in [6, 6.07) is 18.6. The van der Waals surface area contributed by atoms with Gasteiger partial charge in [-0.1, -0.05) is 56.3 Å². The van der Waals surface area contributed by atoms with E-state index in [2.05, 4.69) is 37.4 Å². The quantitative estimate of drug-likeness (QED) is 0.415. The summed E-state index contributed by atoms with van der Waals surface area (Å²) in [4.78, 5) is 24.6. The smallest absolute Gasteiger partial charge is 0.255 e. The van der Waals surface area contributed by atoms with Crippen molar-refractivity contribution in [3.8, 4) is 17.2 Å². The van der Waals surface area contributed by atoms with Crippen LogP contribution in [-0.2, 0) is 6.54 Å². The SMILES string of the molecule is CC(C)c1c(C(=O)N[C@@H]2CCN(Cc3ccccc3)C2)cnn1-c1nccc(-c2ccccc2F)n1. The fraction of sp³-hybridized carbons (Fsp3) is 0.286. The van der Waals surface area contributed by atoms with Crippen LogP contribution in [0.2, 0.25) is 0 Å². The number of likely N-dealkylation sites (tertiary alicyclic amines) is 1. The summed E-state index contributed by atoms with van der Waals surface area (Å²) in [6.45, 7) is 6.62. The van der Waals surface area contributed by atoms with E-state index in [0.29, 0.717) is 22.8 Å². The average Bonchev–Trinajstić information content (AvgIpc) is 3.52. The lowest BCUT2D eigenvalue weighted by atomic mass is 10.0. The molecule has 1 amide bonds. The first-order valence-corrected chi connectivity index (χ1v) is 12.2. The van der Waals surface area contributed by atoms with Crippen LogP contribution < -0.4 is 5.32 Å². The molecule has 0 aliphatic carbocycles. The second-order valence-corrected chi connectivity index (χ2v) is 9.41. The first-order chi connectivity index (χ1) is 17.5. The number of nitrogens with zero attached hydrogens (tertiary/aromatic N) is 5. The van der Waals surface area contributed by atoms with Gasteiger partial charge in [-0.25, -0.2) is 19.0 Å². The third kappa shape index (κ3) is 5.04. The van der Waals surface area contributed by atoms with Crippen molar-refractivity contribution in [1.29, 1.82) is 0 Å². The van der Waals surface area contributed by atoms with E-state index >= 15 is 0 Å².